The average Bonchev–Trinajstić information content (AvgIpc) is 2.26. The van der Waals surface area contributed by atoms with Gasteiger partial charge in [-0.05, 0) is 19.2 Å². The van der Waals surface area contributed by atoms with Crippen molar-refractivity contribution in [3.05, 3.63) is 35.9 Å². The van der Waals surface area contributed by atoms with Gasteiger partial charge >= 0.3 is 0 Å². The zero-order valence-electron chi connectivity index (χ0n) is 10.7. The summed E-state index contributed by atoms with van der Waals surface area (Å²) >= 11 is 0. The molecule has 0 aliphatic carbocycles. The van der Waals surface area contributed by atoms with Gasteiger partial charge in [-0.25, -0.2) is 4.67 Å². The summed E-state index contributed by atoms with van der Waals surface area (Å²) in [6.45, 7) is 6.63. The van der Waals surface area contributed by atoms with E-state index in [1.54, 1.807) is 5.01 Å². The molecule has 0 bridgehead atoms. The van der Waals surface area contributed by atoms with Crippen LogP contribution in [-0.2, 0) is 0 Å². The SMILES string of the molecule is CN(C(=O)c1ccccc1)N(C)[Si](C)(C)C. The topological polar surface area (TPSA) is 23.6 Å². The Kier molecular flexibility index (Phi) is 3.88. The first-order chi connectivity index (χ1) is 7.34. The fraction of sp³-hybridized carbons (Fsp3) is 0.417. The van der Waals surface area contributed by atoms with Gasteiger partial charge in [-0.1, -0.05) is 37.8 Å². The maximum atomic E-state index is 12.1. The molecule has 0 radical (unpaired) electrons. The minimum atomic E-state index is -1.48. The average molecular weight is 236 g/mol. The molecule has 1 amide bonds. The monoisotopic (exact) mass is 236 g/mol. The van der Waals surface area contributed by atoms with E-state index in [0.29, 0.717) is 0 Å². The summed E-state index contributed by atoms with van der Waals surface area (Å²) in [5.41, 5.74) is 0.732. The molecule has 0 saturated heterocycles. The van der Waals surface area contributed by atoms with Crippen molar-refractivity contribution in [2.24, 2.45) is 0 Å². The maximum Gasteiger partial charge on any atom is 0.267 e. The van der Waals surface area contributed by atoms with Gasteiger partial charge in [0.15, 0.2) is 0 Å². The minimum absolute atomic E-state index is 0.0468. The molecule has 0 spiro atoms. The van der Waals surface area contributed by atoms with Crippen LogP contribution in [0.15, 0.2) is 30.3 Å². The molecule has 1 aromatic rings. The normalized spacial score (nSPS) is 11.6. The molecule has 0 aliphatic heterocycles. The van der Waals surface area contributed by atoms with Crippen molar-refractivity contribution < 1.29 is 4.79 Å². The number of carbonyl (C=O) groups excluding carboxylic acids is 1. The fourth-order valence-electron chi connectivity index (χ4n) is 1.35. The first-order valence-corrected chi connectivity index (χ1v) is 8.85. The van der Waals surface area contributed by atoms with E-state index in [-0.39, 0.29) is 5.91 Å². The third-order valence-electron chi connectivity index (χ3n) is 2.74. The zero-order valence-corrected chi connectivity index (χ0v) is 11.7. The van der Waals surface area contributed by atoms with Gasteiger partial charge in [0.05, 0.1) is 0 Å². The van der Waals surface area contributed by atoms with E-state index in [9.17, 15) is 4.79 Å². The van der Waals surface area contributed by atoms with Gasteiger partial charge in [0.2, 0.25) is 0 Å². The lowest BCUT2D eigenvalue weighted by Crippen LogP contribution is -2.54. The van der Waals surface area contributed by atoms with E-state index in [1.165, 1.54) is 0 Å². The number of rotatable bonds is 3. The smallest absolute Gasteiger partial charge is 0.267 e. The summed E-state index contributed by atoms with van der Waals surface area (Å²) in [6, 6.07) is 9.37. The number of carbonyl (C=O) groups is 1. The Hall–Kier alpha value is -1.13. The van der Waals surface area contributed by atoms with Crippen LogP contribution in [0.5, 0.6) is 0 Å². The Balaban J connectivity index is 2.84. The molecule has 0 atom stereocenters. The number of hydrazine groups is 1. The van der Waals surface area contributed by atoms with E-state index < -0.39 is 8.24 Å². The minimum Gasteiger partial charge on any atom is -0.281 e. The van der Waals surface area contributed by atoms with Crippen molar-refractivity contribution in [2.75, 3.05) is 14.1 Å². The molecule has 0 unspecified atom stereocenters. The summed E-state index contributed by atoms with van der Waals surface area (Å²) < 4.78 is 2.07. The molecule has 0 heterocycles. The predicted molar refractivity (Wildman–Crippen MR) is 69.6 cm³/mol. The molecule has 16 heavy (non-hydrogen) atoms. The van der Waals surface area contributed by atoms with E-state index in [2.05, 4.69) is 24.3 Å². The Bertz CT molecular complexity index is 359. The second-order valence-electron chi connectivity index (χ2n) is 4.89. The van der Waals surface area contributed by atoms with Crippen LogP contribution in [0.1, 0.15) is 10.4 Å². The highest BCUT2D eigenvalue weighted by Crippen LogP contribution is 2.12. The van der Waals surface area contributed by atoms with Crippen LogP contribution in [0.25, 0.3) is 0 Å². The van der Waals surface area contributed by atoms with Gasteiger partial charge in [0, 0.05) is 12.6 Å². The number of hydrogen-bond acceptors (Lipinski definition) is 2. The van der Waals surface area contributed by atoms with Gasteiger partial charge in [-0.15, -0.1) is 0 Å². The lowest BCUT2D eigenvalue weighted by molar-refractivity contribution is 0.0506. The predicted octanol–water partition coefficient (Wildman–Crippen LogP) is 2.44. The summed E-state index contributed by atoms with van der Waals surface area (Å²) in [4.78, 5) is 12.1. The Labute approximate surface area is 98.7 Å². The third-order valence-corrected chi connectivity index (χ3v) is 4.98. The van der Waals surface area contributed by atoms with Crippen LogP contribution in [0.2, 0.25) is 19.6 Å². The molecule has 4 heteroatoms. The summed E-state index contributed by atoms with van der Waals surface area (Å²) in [5.74, 6) is 0.0468. The van der Waals surface area contributed by atoms with E-state index >= 15 is 0 Å². The Morgan fingerprint density at radius 3 is 2.00 bits per heavy atom. The molecular formula is C12H20N2OSi. The van der Waals surface area contributed by atoms with Crippen molar-refractivity contribution in [3.63, 3.8) is 0 Å². The Morgan fingerprint density at radius 1 is 1.06 bits per heavy atom. The second kappa shape index (κ2) is 4.80. The van der Waals surface area contributed by atoms with Gasteiger partial charge in [0.25, 0.3) is 5.91 Å². The highest BCUT2D eigenvalue weighted by Gasteiger charge is 2.26. The second-order valence-corrected chi connectivity index (χ2v) is 9.88. The highest BCUT2D eigenvalue weighted by molar-refractivity contribution is 6.73. The number of benzene rings is 1. The van der Waals surface area contributed by atoms with E-state index in [1.807, 2.05) is 44.4 Å². The van der Waals surface area contributed by atoms with Crippen molar-refractivity contribution in [2.45, 2.75) is 19.6 Å². The molecule has 1 aromatic carbocycles. The largest absolute Gasteiger partial charge is 0.281 e. The molecule has 0 fully saturated rings. The van der Waals surface area contributed by atoms with Gasteiger partial charge < -0.3 is 0 Å². The standard InChI is InChI=1S/C12H20N2OSi/c1-13(14(2)16(3,4)5)12(15)11-9-7-6-8-10-11/h6-10H,1-5H3. The number of nitrogens with zero attached hydrogens (tertiary/aromatic N) is 2. The lowest BCUT2D eigenvalue weighted by Gasteiger charge is -2.37. The molecule has 0 saturated carbocycles. The van der Waals surface area contributed by atoms with Crippen LogP contribution in [-0.4, -0.2) is 37.9 Å². The van der Waals surface area contributed by atoms with Crippen LogP contribution in [0.3, 0.4) is 0 Å². The van der Waals surface area contributed by atoms with Crippen molar-refractivity contribution in [1.82, 2.24) is 9.68 Å². The number of amides is 1. The fourth-order valence-corrected chi connectivity index (χ4v) is 2.34. The first-order valence-electron chi connectivity index (χ1n) is 5.41. The van der Waals surface area contributed by atoms with Crippen LogP contribution >= 0.6 is 0 Å². The molecular weight excluding hydrogens is 216 g/mol. The van der Waals surface area contributed by atoms with E-state index in [0.717, 1.165) is 5.56 Å². The van der Waals surface area contributed by atoms with Gasteiger partial charge in [-0.2, -0.15) is 0 Å². The molecule has 88 valence electrons. The van der Waals surface area contributed by atoms with Crippen LogP contribution in [0, 0.1) is 0 Å². The first kappa shape index (κ1) is 12.9. The van der Waals surface area contributed by atoms with Crippen LogP contribution < -0.4 is 0 Å². The quantitative estimate of drug-likeness (QED) is 0.594. The van der Waals surface area contributed by atoms with Crippen molar-refractivity contribution in [3.8, 4) is 0 Å². The molecule has 1 rings (SSSR count). The van der Waals surface area contributed by atoms with Crippen molar-refractivity contribution in [1.29, 1.82) is 0 Å². The lowest BCUT2D eigenvalue weighted by atomic mass is 10.2. The molecule has 0 aliphatic rings. The molecule has 0 aromatic heterocycles. The maximum absolute atomic E-state index is 12.1. The van der Waals surface area contributed by atoms with E-state index in [4.69, 9.17) is 0 Å². The van der Waals surface area contributed by atoms with Crippen LogP contribution in [0.4, 0.5) is 0 Å². The Morgan fingerprint density at radius 2 is 1.56 bits per heavy atom. The number of hydrogen-bond donors (Lipinski definition) is 0. The zero-order chi connectivity index (χ0) is 12.3. The summed E-state index contributed by atoms with van der Waals surface area (Å²) in [7, 11) is 2.33. The molecule has 0 N–H and O–H groups in total. The van der Waals surface area contributed by atoms with Gasteiger partial charge in [0.1, 0.15) is 8.24 Å². The summed E-state index contributed by atoms with van der Waals surface area (Å²) in [6.07, 6.45) is 0. The third kappa shape index (κ3) is 2.93. The highest BCUT2D eigenvalue weighted by atomic mass is 28.3. The summed E-state index contributed by atoms with van der Waals surface area (Å²) in [5, 5.41) is 1.71. The van der Waals surface area contributed by atoms with Gasteiger partial charge in [-0.3, -0.25) is 9.80 Å². The molecule has 3 nitrogen and oxygen atoms in total. The van der Waals surface area contributed by atoms with Crippen molar-refractivity contribution >= 4 is 14.1 Å².